The molecule has 0 amide bonds. The van der Waals surface area contributed by atoms with E-state index in [-0.39, 0.29) is 0 Å². The Hall–Kier alpha value is -2.35. The predicted octanol–water partition coefficient (Wildman–Crippen LogP) is 4.39. The van der Waals surface area contributed by atoms with E-state index in [4.69, 9.17) is 21.7 Å². The van der Waals surface area contributed by atoms with Crippen molar-refractivity contribution in [1.82, 2.24) is 9.80 Å². The van der Waals surface area contributed by atoms with Crippen LogP contribution in [0.4, 0.5) is 11.4 Å². The van der Waals surface area contributed by atoms with Gasteiger partial charge in [0.25, 0.3) is 0 Å². The van der Waals surface area contributed by atoms with Gasteiger partial charge in [-0.05, 0) is 54.4 Å². The van der Waals surface area contributed by atoms with E-state index in [1.54, 1.807) is 7.11 Å². The molecule has 0 bridgehead atoms. The predicted molar refractivity (Wildman–Crippen MR) is 144 cm³/mol. The van der Waals surface area contributed by atoms with Gasteiger partial charge < -0.3 is 24.6 Å². The molecular weight excluding hydrogens is 444 g/mol. The molecule has 1 saturated heterocycles. The summed E-state index contributed by atoms with van der Waals surface area (Å²) in [6, 6.07) is 14.9. The lowest BCUT2D eigenvalue weighted by Gasteiger charge is -2.31. The molecule has 0 saturated carbocycles. The summed E-state index contributed by atoms with van der Waals surface area (Å²) < 4.78 is 10.9. The van der Waals surface area contributed by atoms with Crippen LogP contribution in [0.1, 0.15) is 30.9 Å². The molecule has 6 nitrogen and oxygen atoms in total. The average Bonchev–Trinajstić information content (AvgIpc) is 3.28. The zero-order valence-electron chi connectivity index (χ0n) is 20.6. The number of rotatable bonds is 10. The molecule has 2 aliphatic rings. The molecular formula is C27H38N4O2S. The summed E-state index contributed by atoms with van der Waals surface area (Å²) in [4.78, 5) is 7.28. The number of methoxy groups -OCH3 is 1. The Morgan fingerprint density at radius 3 is 2.76 bits per heavy atom. The van der Waals surface area contributed by atoms with Crippen LogP contribution in [0.25, 0.3) is 0 Å². The first-order valence-electron chi connectivity index (χ1n) is 12.5. The van der Waals surface area contributed by atoms with Crippen LogP contribution < -0.4 is 15.0 Å². The number of hydrogen-bond acceptors (Lipinski definition) is 5. The number of thiocarbonyl (C=S) groups is 1. The second-order valence-electron chi connectivity index (χ2n) is 9.09. The largest absolute Gasteiger partial charge is 0.497 e. The number of anilines is 2. The molecule has 2 aliphatic heterocycles. The van der Waals surface area contributed by atoms with Gasteiger partial charge >= 0.3 is 0 Å². The summed E-state index contributed by atoms with van der Waals surface area (Å²) in [5.74, 6) is 0.818. The highest BCUT2D eigenvalue weighted by molar-refractivity contribution is 7.80. The third kappa shape index (κ3) is 6.62. The molecule has 1 fully saturated rings. The van der Waals surface area contributed by atoms with Crippen molar-refractivity contribution in [3.05, 3.63) is 53.6 Å². The van der Waals surface area contributed by atoms with E-state index in [2.05, 4.69) is 45.1 Å². The van der Waals surface area contributed by atoms with Crippen LogP contribution in [0.15, 0.2) is 42.5 Å². The Morgan fingerprint density at radius 1 is 1.12 bits per heavy atom. The molecule has 2 aromatic rings. The van der Waals surface area contributed by atoms with Crippen LogP contribution in [0.3, 0.4) is 0 Å². The van der Waals surface area contributed by atoms with Gasteiger partial charge in [0, 0.05) is 63.3 Å². The minimum absolute atomic E-state index is 0.742. The number of fused-ring (bicyclic) bond motifs is 1. The second kappa shape index (κ2) is 12.4. The third-order valence-corrected chi connectivity index (χ3v) is 7.05. The van der Waals surface area contributed by atoms with E-state index in [0.29, 0.717) is 0 Å². The smallest absolute Gasteiger partial charge is 0.173 e. The van der Waals surface area contributed by atoms with Crippen molar-refractivity contribution < 1.29 is 9.47 Å². The summed E-state index contributed by atoms with van der Waals surface area (Å²) in [6.45, 7) is 10.8. The summed E-state index contributed by atoms with van der Waals surface area (Å²) >= 11 is 5.89. The Balaban J connectivity index is 1.45. The van der Waals surface area contributed by atoms with Crippen molar-refractivity contribution >= 4 is 28.7 Å². The van der Waals surface area contributed by atoms with Crippen LogP contribution in [0, 0.1) is 0 Å². The van der Waals surface area contributed by atoms with Gasteiger partial charge in [-0.1, -0.05) is 31.5 Å². The van der Waals surface area contributed by atoms with E-state index in [1.165, 1.54) is 29.7 Å². The van der Waals surface area contributed by atoms with Gasteiger partial charge in [0.05, 0.1) is 20.3 Å². The molecule has 1 N–H and O–H groups in total. The number of nitrogens with one attached hydrogen (secondary N) is 1. The van der Waals surface area contributed by atoms with Crippen molar-refractivity contribution in [2.45, 2.75) is 32.7 Å². The first-order valence-corrected chi connectivity index (χ1v) is 12.9. The third-order valence-electron chi connectivity index (χ3n) is 6.69. The molecule has 7 heteroatoms. The molecule has 0 radical (unpaired) electrons. The van der Waals surface area contributed by atoms with E-state index in [1.807, 2.05) is 24.3 Å². The monoisotopic (exact) mass is 482 g/mol. The lowest BCUT2D eigenvalue weighted by atomic mass is 10.1. The topological polar surface area (TPSA) is 40.2 Å². The second-order valence-corrected chi connectivity index (χ2v) is 9.48. The van der Waals surface area contributed by atoms with Crippen molar-refractivity contribution in [3.8, 4) is 5.75 Å². The molecule has 0 atom stereocenters. The average molecular weight is 483 g/mol. The highest BCUT2D eigenvalue weighted by Crippen LogP contribution is 2.29. The van der Waals surface area contributed by atoms with E-state index in [9.17, 15) is 0 Å². The van der Waals surface area contributed by atoms with Gasteiger partial charge in [0.15, 0.2) is 5.11 Å². The van der Waals surface area contributed by atoms with Crippen molar-refractivity contribution in [2.75, 3.05) is 69.8 Å². The number of hydrogen-bond donors (Lipinski definition) is 1. The Morgan fingerprint density at radius 2 is 1.97 bits per heavy atom. The fourth-order valence-corrected chi connectivity index (χ4v) is 4.94. The van der Waals surface area contributed by atoms with Crippen LogP contribution in [-0.2, 0) is 17.7 Å². The van der Waals surface area contributed by atoms with Gasteiger partial charge in [0.2, 0.25) is 0 Å². The van der Waals surface area contributed by atoms with E-state index < -0.39 is 0 Å². The number of unbranched alkanes of at least 4 members (excludes halogenated alkanes) is 1. The summed E-state index contributed by atoms with van der Waals surface area (Å²) in [5, 5.41) is 4.18. The zero-order valence-corrected chi connectivity index (χ0v) is 21.4. The van der Waals surface area contributed by atoms with E-state index in [0.717, 1.165) is 82.0 Å². The summed E-state index contributed by atoms with van der Waals surface area (Å²) in [7, 11) is 1.68. The first kappa shape index (κ1) is 24.8. The maximum absolute atomic E-state index is 5.89. The molecule has 34 heavy (non-hydrogen) atoms. The fourth-order valence-electron chi connectivity index (χ4n) is 4.67. The summed E-state index contributed by atoms with van der Waals surface area (Å²) in [5.41, 5.74) is 5.14. The van der Waals surface area contributed by atoms with Gasteiger partial charge in [-0.2, -0.15) is 0 Å². The van der Waals surface area contributed by atoms with Gasteiger partial charge in [0.1, 0.15) is 5.75 Å². The highest BCUT2D eigenvalue weighted by Gasteiger charge is 2.20. The summed E-state index contributed by atoms with van der Waals surface area (Å²) in [6.07, 6.45) is 3.62. The number of ether oxygens (including phenoxy) is 2. The Bertz CT molecular complexity index is 948. The Labute approximate surface area is 209 Å². The lowest BCUT2D eigenvalue weighted by Crippen LogP contribution is -2.44. The fraction of sp³-hybridized carbons (Fsp3) is 0.519. The van der Waals surface area contributed by atoms with Crippen LogP contribution in [-0.4, -0.2) is 74.5 Å². The Kier molecular flexibility index (Phi) is 9.02. The number of morpholine rings is 1. The minimum Gasteiger partial charge on any atom is -0.497 e. The number of nitrogens with zero attached hydrogens (tertiary/aromatic N) is 3. The van der Waals surface area contributed by atoms with E-state index >= 15 is 0 Å². The number of benzene rings is 2. The SMILES string of the molecule is CCCCN1CCc2cc(CN(CCN3CCOCC3)C(=S)Nc3cccc(OC)c3)ccc21. The van der Waals surface area contributed by atoms with Crippen molar-refractivity contribution in [2.24, 2.45) is 0 Å². The highest BCUT2D eigenvalue weighted by atomic mass is 32.1. The maximum atomic E-state index is 5.89. The normalized spacial score (nSPS) is 15.8. The van der Waals surface area contributed by atoms with Crippen molar-refractivity contribution in [3.63, 3.8) is 0 Å². The molecule has 0 spiro atoms. The minimum atomic E-state index is 0.742. The van der Waals surface area contributed by atoms with Crippen LogP contribution in [0.5, 0.6) is 5.75 Å². The van der Waals surface area contributed by atoms with Crippen LogP contribution in [0.2, 0.25) is 0 Å². The first-order chi connectivity index (χ1) is 16.7. The molecule has 0 aromatic heterocycles. The maximum Gasteiger partial charge on any atom is 0.173 e. The standard InChI is InChI=1S/C27H38N4O2S/c1-3-4-11-30-12-10-23-19-22(8-9-26(23)30)21-31(14-13-29-15-17-33-18-16-29)27(34)28-24-6-5-7-25(20-24)32-2/h5-9,19-20H,3-4,10-18,21H2,1-2H3,(H,28,34). The van der Waals surface area contributed by atoms with Crippen molar-refractivity contribution in [1.29, 1.82) is 0 Å². The molecule has 2 aromatic carbocycles. The lowest BCUT2D eigenvalue weighted by molar-refractivity contribution is 0.0358. The molecule has 2 heterocycles. The molecule has 0 aliphatic carbocycles. The van der Waals surface area contributed by atoms with Gasteiger partial charge in [-0.25, -0.2) is 0 Å². The van der Waals surface area contributed by atoms with Crippen LogP contribution >= 0.6 is 12.2 Å². The van der Waals surface area contributed by atoms with Gasteiger partial charge in [-0.15, -0.1) is 0 Å². The molecule has 4 rings (SSSR count). The zero-order chi connectivity index (χ0) is 23.8. The van der Waals surface area contributed by atoms with Gasteiger partial charge in [-0.3, -0.25) is 4.90 Å². The quantitative estimate of drug-likeness (QED) is 0.504. The molecule has 184 valence electrons. The molecule has 0 unspecified atom stereocenters.